The van der Waals surface area contributed by atoms with E-state index in [0.29, 0.717) is 0 Å². The summed E-state index contributed by atoms with van der Waals surface area (Å²) in [5, 5.41) is 4.50. The Balaban J connectivity index is 1.89. The minimum atomic E-state index is 0.878. The lowest BCUT2D eigenvalue weighted by Gasteiger charge is -2.21. The summed E-state index contributed by atoms with van der Waals surface area (Å²) in [7, 11) is 0. The molecule has 0 amide bonds. The van der Waals surface area contributed by atoms with Crippen LogP contribution in [0.15, 0.2) is 73.1 Å². The topological polar surface area (TPSA) is 37.8 Å². The molecule has 1 aliphatic rings. The Morgan fingerprint density at radius 2 is 1.52 bits per heavy atom. The average molecular weight is 295 g/mol. The molecule has 0 unspecified atom stereocenters. The Bertz CT molecular complexity index is 1040. The normalized spacial score (nSPS) is 11.8. The number of rotatable bonds is 1. The quantitative estimate of drug-likeness (QED) is 0.472. The summed E-state index contributed by atoms with van der Waals surface area (Å²) in [6.45, 7) is 0. The summed E-state index contributed by atoms with van der Waals surface area (Å²) in [6.07, 6.45) is 1.62. The number of nitrogens with one attached hydrogen (secondary N) is 1. The summed E-state index contributed by atoms with van der Waals surface area (Å²) < 4.78 is 0. The van der Waals surface area contributed by atoms with Gasteiger partial charge < -0.3 is 5.32 Å². The summed E-state index contributed by atoms with van der Waals surface area (Å²) in [5.74, 6) is 0.878. The number of aromatic nitrogens is 2. The van der Waals surface area contributed by atoms with Gasteiger partial charge in [-0.25, -0.2) is 9.97 Å². The van der Waals surface area contributed by atoms with Crippen molar-refractivity contribution in [1.82, 2.24) is 9.97 Å². The molecule has 2 heterocycles. The minimum absolute atomic E-state index is 0.878. The summed E-state index contributed by atoms with van der Waals surface area (Å²) >= 11 is 0. The highest BCUT2D eigenvalue weighted by atomic mass is 15.0. The average Bonchev–Trinajstić information content (AvgIpc) is 2.62. The molecule has 1 aromatic heterocycles. The number of hydrogen-bond acceptors (Lipinski definition) is 3. The largest absolute Gasteiger partial charge is 0.339 e. The molecule has 1 aliphatic heterocycles. The molecule has 3 heteroatoms. The van der Waals surface area contributed by atoms with E-state index < -0.39 is 0 Å². The summed E-state index contributed by atoms with van der Waals surface area (Å²) in [6, 6.07) is 23.1. The van der Waals surface area contributed by atoms with E-state index in [1.807, 2.05) is 12.1 Å². The standard InChI is InChI=1S/C20H13N3/c1-2-6-13(7-3-1)14-10-16-15-8-4-5-9-17(15)23-20-19(16)18(11-14)21-12-22-20/h1-12H,(H,21,22,23). The Kier molecular flexibility index (Phi) is 2.50. The lowest BCUT2D eigenvalue weighted by molar-refractivity contribution is 1.21. The highest BCUT2D eigenvalue weighted by Gasteiger charge is 2.20. The molecule has 0 fully saturated rings. The fourth-order valence-corrected chi connectivity index (χ4v) is 3.25. The Hall–Kier alpha value is -3.20. The maximum Gasteiger partial charge on any atom is 0.142 e. The van der Waals surface area contributed by atoms with Gasteiger partial charge in [-0.1, -0.05) is 48.5 Å². The van der Waals surface area contributed by atoms with E-state index in [0.717, 1.165) is 22.4 Å². The highest BCUT2D eigenvalue weighted by molar-refractivity contribution is 6.10. The maximum absolute atomic E-state index is 4.49. The van der Waals surface area contributed by atoms with Crippen molar-refractivity contribution >= 4 is 22.4 Å². The van der Waals surface area contributed by atoms with Gasteiger partial charge in [0.2, 0.25) is 0 Å². The highest BCUT2D eigenvalue weighted by Crippen LogP contribution is 2.43. The van der Waals surface area contributed by atoms with Crippen LogP contribution in [-0.4, -0.2) is 9.97 Å². The molecule has 0 atom stereocenters. The summed E-state index contributed by atoms with van der Waals surface area (Å²) in [5.41, 5.74) is 6.80. The van der Waals surface area contributed by atoms with Crippen LogP contribution in [0.1, 0.15) is 0 Å². The van der Waals surface area contributed by atoms with Gasteiger partial charge in [0.25, 0.3) is 0 Å². The summed E-state index contributed by atoms with van der Waals surface area (Å²) in [4.78, 5) is 8.91. The van der Waals surface area contributed by atoms with Crippen LogP contribution in [0.4, 0.5) is 11.5 Å². The molecule has 3 aromatic carbocycles. The number of benzene rings is 3. The van der Waals surface area contributed by atoms with E-state index in [2.05, 4.69) is 69.9 Å². The first kappa shape index (κ1) is 12.4. The second-order valence-corrected chi connectivity index (χ2v) is 5.68. The van der Waals surface area contributed by atoms with Gasteiger partial charge in [-0.15, -0.1) is 0 Å². The van der Waals surface area contributed by atoms with Gasteiger partial charge in [0.15, 0.2) is 0 Å². The van der Waals surface area contributed by atoms with Crippen LogP contribution in [0.5, 0.6) is 0 Å². The third-order valence-corrected chi connectivity index (χ3v) is 4.32. The Morgan fingerprint density at radius 1 is 0.696 bits per heavy atom. The molecular formula is C20H13N3. The second-order valence-electron chi connectivity index (χ2n) is 5.68. The molecule has 0 saturated carbocycles. The predicted octanol–water partition coefficient (Wildman–Crippen LogP) is 5.02. The van der Waals surface area contributed by atoms with E-state index in [1.165, 1.54) is 22.3 Å². The number of anilines is 2. The zero-order valence-electron chi connectivity index (χ0n) is 12.3. The van der Waals surface area contributed by atoms with Gasteiger partial charge in [0, 0.05) is 11.3 Å². The fraction of sp³-hybridized carbons (Fsp3) is 0. The van der Waals surface area contributed by atoms with Gasteiger partial charge in [-0.05, 0) is 34.9 Å². The van der Waals surface area contributed by atoms with Crippen LogP contribution in [-0.2, 0) is 0 Å². The molecule has 0 saturated heterocycles. The van der Waals surface area contributed by atoms with E-state index in [-0.39, 0.29) is 0 Å². The molecule has 23 heavy (non-hydrogen) atoms. The van der Waals surface area contributed by atoms with Crippen molar-refractivity contribution in [2.24, 2.45) is 0 Å². The number of hydrogen-bond donors (Lipinski definition) is 1. The zero-order chi connectivity index (χ0) is 15.2. The molecule has 1 N–H and O–H groups in total. The van der Waals surface area contributed by atoms with Gasteiger partial charge in [0.05, 0.1) is 10.9 Å². The number of para-hydroxylation sites is 1. The van der Waals surface area contributed by atoms with Gasteiger partial charge in [-0.2, -0.15) is 0 Å². The molecule has 108 valence electrons. The van der Waals surface area contributed by atoms with Crippen LogP contribution >= 0.6 is 0 Å². The number of nitrogens with zero attached hydrogens (tertiary/aromatic N) is 2. The van der Waals surface area contributed by atoms with Crippen LogP contribution in [0.25, 0.3) is 33.2 Å². The molecular weight excluding hydrogens is 282 g/mol. The van der Waals surface area contributed by atoms with Crippen molar-refractivity contribution in [2.75, 3.05) is 5.32 Å². The van der Waals surface area contributed by atoms with E-state index in [9.17, 15) is 0 Å². The molecule has 0 radical (unpaired) electrons. The molecule has 0 spiro atoms. The zero-order valence-corrected chi connectivity index (χ0v) is 12.3. The van der Waals surface area contributed by atoms with Gasteiger partial charge >= 0.3 is 0 Å². The molecule has 0 bridgehead atoms. The number of fused-ring (bicyclic) bond motifs is 2. The minimum Gasteiger partial charge on any atom is -0.339 e. The second kappa shape index (κ2) is 4.65. The third-order valence-electron chi connectivity index (χ3n) is 4.32. The Morgan fingerprint density at radius 3 is 2.43 bits per heavy atom. The first-order valence-electron chi connectivity index (χ1n) is 7.61. The van der Waals surface area contributed by atoms with Crippen molar-refractivity contribution < 1.29 is 0 Å². The third kappa shape index (κ3) is 1.83. The van der Waals surface area contributed by atoms with Gasteiger partial charge in [-0.3, -0.25) is 0 Å². The smallest absolute Gasteiger partial charge is 0.142 e. The van der Waals surface area contributed by atoms with Crippen molar-refractivity contribution in [3.63, 3.8) is 0 Å². The van der Waals surface area contributed by atoms with Crippen molar-refractivity contribution in [2.45, 2.75) is 0 Å². The van der Waals surface area contributed by atoms with E-state index in [1.54, 1.807) is 6.33 Å². The lowest BCUT2D eigenvalue weighted by Crippen LogP contribution is -2.04. The van der Waals surface area contributed by atoms with Crippen LogP contribution in [0.2, 0.25) is 0 Å². The fourth-order valence-electron chi connectivity index (χ4n) is 3.25. The molecule has 4 aromatic rings. The Labute approximate surface area is 133 Å². The van der Waals surface area contributed by atoms with E-state index in [4.69, 9.17) is 0 Å². The SMILES string of the molecule is c1ccc(-c2cc3c4c(ncnc4c2)Nc2ccccc2-3)cc1. The van der Waals surface area contributed by atoms with E-state index >= 15 is 0 Å². The van der Waals surface area contributed by atoms with Crippen molar-refractivity contribution in [1.29, 1.82) is 0 Å². The molecule has 0 aliphatic carbocycles. The predicted molar refractivity (Wildman–Crippen MR) is 93.7 cm³/mol. The first-order valence-corrected chi connectivity index (χ1v) is 7.61. The maximum atomic E-state index is 4.49. The molecule has 3 nitrogen and oxygen atoms in total. The monoisotopic (exact) mass is 295 g/mol. The van der Waals surface area contributed by atoms with Crippen LogP contribution < -0.4 is 5.32 Å². The first-order chi connectivity index (χ1) is 11.4. The van der Waals surface area contributed by atoms with Crippen LogP contribution in [0.3, 0.4) is 0 Å². The van der Waals surface area contributed by atoms with Crippen molar-refractivity contribution in [3.8, 4) is 22.3 Å². The lowest BCUT2D eigenvalue weighted by atomic mass is 9.92. The van der Waals surface area contributed by atoms with Gasteiger partial charge in [0.1, 0.15) is 12.1 Å². The van der Waals surface area contributed by atoms with Crippen LogP contribution in [0, 0.1) is 0 Å². The van der Waals surface area contributed by atoms with Crippen molar-refractivity contribution in [3.05, 3.63) is 73.1 Å². The molecule has 5 rings (SSSR count).